The molecule has 1 N–H and O–H groups in total. The molecular weight excluding hydrogens is 218 g/mol. The minimum Gasteiger partial charge on any atom is -0.323 e. The van der Waals surface area contributed by atoms with Gasteiger partial charge in [0.2, 0.25) is 0 Å². The van der Waals surface area contributed by atoms with E-state index in [1.54, 1.807) is 6.92 Å². The van der Waals surface area contributed by atoms with Gasteiger partial charge in [0.15, 0.2) is 0 Å². The first kappa shape index (κ1) is 11.9. The third-order valence-corrected chi connectivity index (χ3v) is 3.63. The minimum atomic E-state index is -0.662. The largest absolute Gasteiger partial charge is 0.325 e. The third kappa shape index (κ3) is 1.99. The second-order valence-corrected chi connectivity index (χ2v) is 5.02. The lowest BCUT2D eigenvalue weighted by Gasteiger charge is -2.30. The fourth-order valence-electron chi connectivity index (χ4n) is 2.65. The van der Waals surface area contributed by atoms with Crippen molar-refractivity contribution >= 4 is 11.9 Å². The summed E-state index contributed by atoms with van der Waals surface area (Å²) in [5.41, 5.74) is -0.662. The number of nitrogens with zero attached hydrogens (tertiary/aromatic N) is 2. The van der Waals surface area contributed by atoms with Gasteiger partial charge >= 0.3 is 6.03 Å². The number of imide groups is 1. The van der Waals surface area contributed by atoms with Crippen LogP contribution in [0, 0.1) is 17.2 Å². The van der Waals surface area contributed by atoms with E-state index in [-0.39, 0.29) is 24.4 Å². The first-order valence-electron chi connectivity index (χ1n) is 6.13. The lowest BCUT2D eigenvalue weighted by Crippen LogP contribution is -2.48. The normalized spacial score (nSPS) is 24.6. The molecule has 3 amide bonds. The molecule has 1 aliphatic heterocycles. The van der Waals surface area contributed by atoms with Crippen molar-refractivity contribution in [2.24, 2.45) is 5.92 Å². The van der Waals surface area contributed by atoms with Gasteiger partial charge < -0.3 is 5.32 Å². The molecule has 2 aliphatic rings. The molecular formula is C12H17N3O2. The maximum atomic E-state index is 12.3. The Hall–Kier alpha value is -1.57. The Kier molecular flexibility index (Phi) is 3.05. The Balaban J connectivity index is 2.13. The number of urea groups is 1. The van der Waals surface area contributed by atoms with Crippen molar-refractivity contribution in [3.63, 3.8) is 0 Å². The van der Waals surface area contributed by atoms with Gasteiger partial charge in [-0.05, 0) is 19.8 Å². The molecule has 1 saturated heterocycles. The van der Waals surface area contributed by atoms with E-state index in [0.29, 0.717) is 0 Å². The van der Waals surface area contributed by atoms with Crippen LogP contribution in [0.1, 0.15) is 39.0 Å². The van der Waals surface area contributed by atoms with E-state index in [2.05, 4.69) is 11.4 Å². The Labute approximate surface area is 101 Å². The highest BCUT2D eigenvalue weighted by Gasteiger charge is 2.51. The highest BCUT2D eigenvalue weighted by atomic mass is 16.2. The number of nitriles is 1. The van der Waals surface area contributed by atoms with Crippen LogP contribution in [0.5, 0.6) is 0 Å². The van der Waals surface area contributed by atoms with Crippen molar-refractivity contribution < 1.29 is 9.59 Å². The van der Waals surface area contributed by atoms with E-state index < -0.39 is 5.54 Å². The van der Waals surface area contributed by atoms with Gasteiger partial charge in [-0.1, -0.05) is 19.3 Å². The van der Waals surface area contributed by atoms with Crippen LogP contribution in [0.4, 0.5) is 4.79 Å². The van der Waals surface area contributed by atoms with E-state index in [1.165, 1.54) is 4.90 Å². The fraction of sp³-hybridized carbons (Fsp3) is 0.750. The molecule has 0 aromatic rings. The van der Waals surface area contributed by atoms with Crippen LogP contribution < -0.4 is 5.32 Å². The number of carbonyl (C=O) groups is 2. The van der Waals surface area contributed by atoms with Crippen molar-refractivity contribution in [3.05, 3.63) is 0 Å². The summed E-state index contributed by atoms with van der Waals surface area (Å²) in [6, 6.07) is 1.72. The highest BCUT2D eigenvalue weighted by molar-refractivity contribution is 6.07. The molecule has 1 atom stereocenters. The molecule has 1 heterocycles. The van der Waals surface area contributed by atoms with Crippen molar-refractivity contribution in [2.75, 3.05) is 6.54 Å². The summed E-state index contributed by atoms with van der Waals surface area (Å²) in [6.45, 7) is 1.91. The van der Waals surface area contributed by atoms with E-state index in [1.807, 2.05) is 0 Å². The van der Waals surface area contributed by atoms with E-state index in [0.717, 1.165) is 32.1 Å². The molecule has 0 aromatic heterocycles. The van der Waals surface area contributed by atoms with Crippen molar-refractivity contribution in [1.82, 2.24) is 10.2 Å². The predicted octanol–water partition coefficient (Wildman–Crippen LogP) is 1.40. The number of carbonyl (C=O) groups excluding carboxylic acids is 2. The summed E-state index contributed by atoms with van der Waals surface area (Å²) in [7, 11) is 0. The third-order valence-electron chi connectivity index (χ3n) is 3.63. The Morgan fingerprint density at radius 2 is 2.06 bits per heavy atom. The molecule has 2 fully saturated rings. The Bertz CT molecular complexity index is 380. The molecule has 5 nitrogen and oxygen atoms in total. The SMILES string of the molecule is CC(C#N)CN1C(=O)NC2(CCCCC2)C1=O. The van der Waals surface area contributed by atoms with Crippen LogP contribution in [-0.2, 0) is 4.79 Å². The van der Waals surface area contributed by atoms with Crippen molar-refractivity contribution in [1.29, 1.82) is 5.26 Å². The Morgan fingerprint density at radius 3 is 2.65 bits per heavy atom. The van der Waals surface area contributed by atoms with Crippen LogP contribution in [0.15, 0.2) is 0 Å². The topological polar surface area (TPSA) is 73.2 Å². The number of amides is 3. The highest BCUT2D eigenvalue weighted by Crippen LogP contribution is 2.33. The second-order valence-electron chi connectivity index (χ2n) is 5.02. The monoisotopic (exact) mass is 235 g/mol. The minimum absolute atomic E-state index is 0.135. The van der Waals surface area contributed by atoms with Crippen molar-refractivity contribution in [2.45, 2.75) is 44.6 Å². The quantitative estimate of drug-likeness (QED) is 0.735. The number of hydrogen-bond acceptors (Lipinski definition) is 3. The zero-order chi connectivity index (χ0) is 12.5. The smallest absolute Gasteiger partial charge is 0.323 e. The molecule has 1 spiro atoms. The van der Waals surface area contributed by atoms with Gasteiger partial charge in [0, 0.05) is 6.54 Å². The molecule has 0 radical (unpaired) electrons. The molecule has 1 unspecified atom stereocenters. The summed E-state index contributed by atoms with van der Waals surface area (Å²) in [6.07, 6.45) is 4.55. The van der Waals surface area contributed by atoms with Gasteiger partial charge in [-0.25, -0.2) is 4.79 Å². The zero-order valence-corrected chi connectivity index (χ0v) is 10.0. The van der Waals surface area contributed by atoms with E-state index >= 15 is 0 Å². The molecule has 1 aliphatic carbocycles. The van der Waals surface area contributed by atoms with Gasteiger partial charge in [-0.3, -0.25) is 9.69 Å². The first-order valence-corrected chi connectivity index (χ1v) is 6.13. The van der Waals surface area contributed by atoms with Crippen LogP contribution in [0.2, 0.25) is 0 Å². The zero-order valence-electron chi connectivity index (χ0n) is 10.0. The molecule has 0 aromatic carbocycles. The van der Waals surface area contributed by atoms with Crippen LogP contribution in [0.25, 0.3) is 0 Å². The molecule has 92 valence electrons. The number of hydrogen-bond donors (Lipinski definition) is 1. The lowest BCUT2D eigenvalue weighted by atomic mass is 9.81. The predicted molar refractivity (Wildman–Crippen MR) is 60.8 cm³/mol. The fourth-order valence-corrected chi connectivity index (χ4v) is 2.65. The molecule has 1 saturated carbocycles. The van der Waals surface area contributed by atoms with Gasteiger partial charge in [0.05, 0.1) is 12.0 Å². The summed E-state index contributed by atoms with van der Waals surface area (Å²) in [5.74, 6) is -0.451. The summed E-state index contributed by atoms with van der Waals surface area (Å²) >= 11 is 0. The van der Waals surface area contributed by atoms with Gasteiger partial charge in [0.25, 0.3) is 5.91 Å². The van der Waals surface area contributed by atoms with Crippen LogP contribution in [0.3, 0.4) is 0 Å². The molecule has 0 bridgehead atoms. The number of nitrogens with one attached hydrogen (secondary N) is 1. The maximum absolute atomic E-state index is 12.3. The molecule has 17 heavy (non-hydrogen) atoms. The Morgan fingerprint density at radius 1 is 1.41 bits per heavy atom. The van der Waals surface area contributed by atoms with E-state index in [9.17, 15) is 9.59 Å². The summed E-state index contributed by atoms with van der Waals surface area (Å²) < 4.78 is 0. The first-order chi connectivity index (χ1) is 8.09. The summed E-state index contributed by atoms with van der Waals surface area (Å²) in [4.78, 5) is 25.3. The average molecular weight is 235 g/mol. The lowest BCUT2D eigenvalue weighted by molar-refractivity contribution is -0.132. The van der Waals surface area contributed by atoms with Gasteiger partial charge in [-0.2, -0.15) is 5.26 Å². The maximum Gasteiger partial charge on any atom is 0.325 e. The molecule has 5 heteroatoms. The number of rotatable bonds is 2. The molecule has 2 rings (SSSR count). The van der Waals surface area contributed by atoms with E-state index in [4.69, 9.17) is 5.26 Å². The average Bonchev–Trinajstić information content (AvgIpc) is 2.55. The summed E-state index contributed by atoms with van der Waals surface area (Å²) in [5, 5.41) is 11.6. The van der Waals surface area contributed by atoms with Gasteiger partial charge in [-0.15, -0.1) is 0 Å². The van der Waals surface area contributed by atoms with Crippen LogP contribution in [-0.4, -0.2) is 28.9 Å². The van der Waals surface area contributed by atoms with Crippen LogP contribution >= 0.6 is 0 Å². The second kappa shape index (κ2) is 4.36. The standard InChI is InChI=1S/C12H17N3O2/c1-9(7-13)8-15-10(16)12(14-11(15)17)5-3-2-4-6-12/h9H,2-6,8H2,1H3,(H,14,17). The van der Waals surface area contributed by atoms with Crippen molar-refractivity contribution in [3.8, 4) is 6.07 Å². The van der Waals surface area contributed by atoms with Gasteiger partial charge in [0.1, 0.15) is 5.54 Å².